The van der Waals surface area contributed by atoms with E-state index in [0.717, 1.165) is 11.8 Å². The van der Waals surface area contributed by atoms with Crippen molar-refractivity contribution in [3.8, 4) is 0 Å². The van der Waals surface area contributed by atoms with Crippen molar-refractivity contribution < 1.29 is 14.3 Å². The second-order valence-corrected chi connectivity index (χ2v) is 6.11. The lowest BCUT2D eigenvalue weighted by Crippen LogP contribution is -2.16. The number of carbonyl (C=O) groups is 2. The van der Waals surface area contributed by atoms with Gasteiger partial charge in [-0.3, -0.25) is 14.6 Å². The highest BCUT2D eigenvalue weighted by molar-refractivity contribution is 7.99. The number of aryl methyl sites for hydroxylation is 1. The van der Waals surface area contributed by atoms with Gasteiger partial charge in [-0.1, -0.05) is 11.8 Å². The molecule has 134 valence electrons. The molecule has 0 saturated carbocycles. The van der Waals surface area contributed by atoms with Crippen molar-refractivity contribution in [1.29, 1.82) is 0 Å². The van der Waals surface area contributed by atoms with E-state index in [2.05, 4.69) is 30.3 Å². The third-order valence-electron chi connectivity index (χ3n) is 3.34. The molecule has 10 nitrogen and oxygen atoms in total. The summed E-state index contributed by atoms with van der Waals surface area (Å²) in [6.45, 7) is 1.57. The number of nitrogens with one attached hydrogen (secondary N) is 2. The molecule has 0 radical (unpaired) electrons. The highest BCUT2D eigenvalue weighted by atomic mass is 32.2. The lowest BCUT2D eigenvalue weighted by Gasteiger charge is -2.05. The summed E-state index contributed by atoms with van der Waals surface area (Å²) in [5, 5.41) is 14.9. The zero-order valence-corrected chi connectivity index (χ0v) is 14.7. The lowest BCUT2D eigenvalue weighted by molar-refractivity contribution is -0.113. The molecule has 3 rings (SSSR count). The van der Waals surface area contributed by atoms with Crippen LogP contribution in [0.25, 0.3) is 5.78 Å². The Morgan fingerprint density at radius 1 is 1.27 bits per heavy atom. The Morgan fingerprint density at radius 3 is 2.69 bits per heavy atom. The molecule has 2 N–H and O–H groups in total. The van der Waals surface area contributed by atoms with Crippen LogP contribution in [0.4, 0.5) is 5.69 Å². The summed E-state index contributed by atoms with van der Waals surface area (Å²) in [6.07, 6.45) is 0. The second kappa shape index (κ2) is 7.35. The van der Waals surface area contributed by atoms with Gasteiger partial charge in [0, 0.05) is 5.69 Å². The van der Waals surface area contributed by atoms with Crippen LogP contribution in [0.2, 0.25) is 0 Å². The van der Waals surface area contributed by atoms with Crippen LogP contribution in [0.1, 0.15) is 16.1 Å². The number of anilines is 1. The molecule has 0 spiro atoms. The van der Waals surface area contributed by atoms with Crippen molar-refractivity contribution in [3.05, 3.63) is 45.9 Å². The topological polar surface area (TPSA) is 131 Å². The first-order valence-electron chi connectivity index (χ1n) is 7.41. The summed E-state index contributed by atoms with van der Waals surface area (Å²) in [5.74, 6) is -0.432. The fourth-order valence-electron chi connectivity index (χ4n) is 2.05. The van der Waals surface area contributed by atoms with Crippen LogP contribution in [-0.4, -0.2) is 49.5 Å². The highest BCUT2D eigenvalue weighted by Crippen LogP contribution is 2.16. The summed E-state index contributed by atoms with van der Waals surface area (Å²) in [5.41, 5.74) is 0.877. The number of hydrogen-bond acceptors (Lipinski definition) is 8. The molecule has 26 heavy (non-hydrogen) atoms. The Bertz CT molecular complexity index is 1030. The zero-order chi connectivity index (χ0) is 18.7. The van der Waals surface area contributed by atoms with Crippen molar-refractivity contribution in [2.75, 3.05) is 18.2 Å². The third-order valence-corrected chi connectivity index (χ3v) is 4.26. The quantitative estimate of drug-likeness (QED) is 0.491. The molecular weight excluding hydrogens is 360 g/mol. The highest BCUT2D eigenvalue weighted by Gasteiger charge is 2.12. The first-order chi connectivity index (χ1) is 12.5. The van der Waals surface area contributed by atoms with Gasteiger partial charge in [0.05, 0.1) is 18.4 Å². The van der Waals surface area contributed by atoms with Crippen molar-refractivity contribution in [3.63, 3.8) is 0 Å². The van der Waals surface area contributed by atoms with Crippen LogP contribution in [0.5, 0.6) is 0 Å². The number of aromatic amines is 1. The van der Waals surface area contributed by atoms with Gasteiger partial charge in [0.15, 0.2) is 0 Å². The number of rotatable bonds is 5. The molecule has 0 unspecified atom stereocenters. The molecule has 0 aliphatic rings. The number of esters is 1. The van der Waals surface area contributed by atoms with Crippen molar-refractivity contribution in [1.82, 2.24) is 24.8 Å². The number of carbonyl (C=O) groups excluding carboxylic acids is 2. The maximum atomic E-state index is 12.1. The van der Waals surface area contributed by atoms with Gasteiger partial charge in [-0.15, -0.1) is 10.2 Å². The number of methoxy groups -OCH3 is 1. The summed E-state index contributed by atoms with van der Waals surface area (Å²) < 4.78 is 5.99. The molecule has 0 bridgehead atoms. The number of amides is 1. The predicted molar refractivity (Wildman–Crippen MR) is 93.3 cm³/mol. The van der Waals surface area contributed by atoms with Crippen LogP contribution in [0, 0.1) is 6.92 Å². The molecule has 0 fully saturated rings. The zero-order valence-electron chi connectivity index (χ0n) is 13.8. The summed E-state index contributed by atoms with van der Waals surface area (Å²) in [4.78, 5) is 37.5. The Kier molecular flexibility index (Phi) is 4.98. The molecule has 0 saturated heterocycles. The van der Waals surface area contributed by atoms with Gasteiger partial charge >= 0.3 is 5.97 Å². The third kappa shape index (κ3) is 3.72. The van der Waals surface area contributed by atoms with E-state index in [-0.39, 0.29) is 28.7 Å². The number of ether oxygens (including phenoxy) is 1. The van der Waals surface area contributed by atoms with Gasteiger partial charge in [0.25, 0.3) is 11.3 Å². The Balaban J connectivity index is 1.63. The average Bonchev–Trinajstić information content (AvgIpc) is 3.02. The molecule has 11 heteroatoms. The fourth-order valence-corrected chi connectivity index (χ4v) is 2.73. The first kappa shape index (κ1) is 17.6. The SMILES string of the molecule is COC(=O)c1ccc(NC(=O)CSc2nnc3[nH]c(=O)c(C)nn23)cc1. The Hall–Kier alpha value is -3.21. The molecule has 2 aromatic heterocycles. The molecule has 2 heterocycles. The number of fused-ring (bicyclic) bond motifs is 1. The summed E-state index contributed by atoms with van der Waals surface area (Å²) >= 11 is 1.13. The molecular formula is C15H14N6O4S. The lowest BCUT2D eigenvalue weighted by atomic mass is 10.2. The van der Waals surface area contributed by atoms with Gasteiger partial charge in [-0.25, -0.2) is 4.79 Å². The Labute approximate surface area is 151 Å². The number of benzene rings is 1. The molecule has 0 atom stereocenters. The summed E-state index contributed by atoms with van der Waals surface area (Å²) in [6, 6.07) is 6.33. The minimum Gasteiger partial charge on any atom is -0.465 e. The molecule has 0 aliphatic heterocycles. The van der Waals surface area contributed by atoms with E-state index >= 15 is 0 Å². The summed E-state index contributed by atoms with van der Waals surface area (Å²) in [7, 11) is 1.30. The van der Waals surface area contributed by atoms with Gasteiger partial charge in [-0.05, 0) is 31.2 Å². The van der Waals surface area contributed by atoms with Crippen LogP contribution in [0.15, 0.2) is 34.2 Å². The van der Waals surface area contributed by atoms with Gasteiger partial charge in [0.1, 0.15) is 5.69 Å². The van der Waals surface area contributed by atoms with E-state index in [1.165, 1.54) is 11.6 Å². The number of hydrogen-bond donors (Lipinski definition) is 2. The standard InChI is InChI=1S/C15H14N6O4S/c1-8-12(23)17-14-18-19-15(21(14)20-8)26-7-11(22)16-10-5-3-9(4-6-10)13(24)25-2/h3-6H,7H2,1-2H3,(H,16,22)(H,17,18,23). The molecule has 0 aliphatic carbocycles. The normalized spacial score (nSPS) is 10.7. The van der Waals surface area contributed by atoms with E-state index in [1.54, 1.807) is 31.2 Å². The van der Waals surface area contributed by atoms with Crippen LogP contribution in [0.3, 0.4) is 0 Å². The molecule has 1 amide bonds. The van der Waals surface area contributed by atoms with E-state index in [0.29, 0.717) is 16.4 Å². The van der Waals surface area contributed by atoms with Crippen molar-refractivity contribution >= 4 is 35.1 Å². The van der Waals surface area contributed by atoms with E-state index in [9.17, 15) is 14.4 Å². The predicted octanol–water partition coefficient (Wildman–Crippen LogP) is 0.638. The molecule has 1 aromatic carbocycles. The Morgan fingerprint density at radius 2 is 2.00 bits per heavy atom. The number of nitrogens with zero attached hydrogens (tertiary/aromatic N) is 4. The maximum absolute atomic E-state index is 12.1. The number of aromatic nitrogens is 5. The van der Waals surface area contributed by atoms with Gasteiger partial charge in [0.2, 0.25) is 11.1 Å². The van der Waals surface area contributed by atoms with Crippen LogP contribution < -0.4 is 10.9 Å². The van der Waals surface area contributed by atoms with Crippen molar-refractivity contribution in [2.24, 2.45) is 0 Å². The van der Waals surface area contributed by atoms with Crippen LogP contribution in [-0.2, 0) is 9.53 Å². The van der Waals surface area contributed by atoms with Gasteiger partial charge in [-0.2, -0.15) is 9.61 Å². The second-order valence-electron chi connectivity index (χ2n) is 5.16. The maximum Gasteiger partial charge on any atom is 0.337 e. The number of H-pyrrole nitrogens is 1. The van der Waals surface area contributed by atoms with Crippen LogP contribution >= 0.6 is 11.8 Å². The number of thioether (sulfide) groups is 1. The molecule has 3 aromatic rings. The average molecular weight is 374 g/mol. The minimum absolute atomic E-state index is 0.0688. The van der Waals surface area contributed by atoms with E-state index in [4.69, 9.17) is 0 Å². The minimum atomic E-state index is -0.446. The fraction of sp³-hybridized carbons (Fsp3) is 0.200. The smallest absolute Gasteiger partial charge is 0.337 e. The monoisotopic (exact) mass is 374 g/mol. The van der Waals surface area contributed by atoms with Crippen molar-refractivity contribution in [2.45, 2.75) is 12.1 Å². The van der Waals surface area contributed by atoms with E-state index in [1.807, 2.05) is 0 Å². The van der Waals surface area contributed by atoms with E-state index < -0.39 is 5.97 Å². The van der Waals surface area contributed by atoms with Gasteiger partial charge < -0.3 is 10.1 Å². The first-order valence-corrected chi connectivity index (χ1v) is 8.40. The largest absolute Gasteiger partial charge is 0.465 e.